The van der Waals surface area contributed by atoms with Crippen molar-refractivity contribution in [3.63, 3.8) is 0 Å². The molecule has 0 bridgehead atoms. The van der Waals surface area contributed by atoms with Gasteiger partial charge in [-0.3, -0.25) is 0 Å². The highest BCUT2D eigenvalue weighted by Crippen LogP contribution is 2.23. The normalized spacial score (nSPS) is 10.7. The van der Waals surface area contributed by atoms with Gasteiger partial charge in [-0.25, -0.2) is 4.98 Å². The van der Waals surface area contributed by atoms with Gasteiger partial charge < -0.3 is 5.32 Å². The standard InChI is InChI=1S/C23H32N2/c1-6-8-9-10-21-16-22(18(4)25-23(21)24-5)15-19-11-13-20(14-12-19)17(3)7-2/h11-14,16H,3,6-10,15H2,1-2,4-5H3,(H,24,25). The van der Waals surface area contributed by atoms with Crippen molar-refractivity contribution in [2.24, 2.45) is 0 Å². The Balaban J connectivity index is 2.20. The summed E-state index contributed by atoms with van der Waals surface area (Å²) in [6.07, 6.45) is 6.77. The number of nitrogens with one attached hydrogen (secondary N) is 1. The second kappa shape index (κ2) is 9.41. The maximum absolute atomic E-state index is 4.80. The van der Waals surface area contributed by atoms with Crippen molar-refractivity contribution in [3.8, 4) is 0 Å². The first-order valence-corrected chi connectivity index (χ1v) is 9.53. The lowest BCUT2D eigenvalue weighted by Crippen LogP contribution is -2.04. The van der Waals surface area contributed by atoms with Crippen molar-refractivity contribution in [1.82, 2.24) is 4.98 Å². The van der Waals surface area contributed by atoms with Crippen LogP contribution in [0.1, 0.15) is 67.5 Å². The molecule has 0 aliphatic heterocycles. The summed E-state index contributed by atoms with van der Waals surface area (Å²) in [4.78, 5) is 4.80. The molecule has 1 aromatic heterocycles. The van der Waals surface area contributed by atoms with Crippen molar-refractivity contribution >= 4 is 11.4 Å². The fraction of sp³-hybridized carbons (Fsp3) is 0.435. The Bertz CT molecular complexity index is 699. The van der Waals surface area contributed by atoms with Crippen LogP contribution in [0.5, 0.6) is 0 Å². The molecule has 0 spiro atoms. The zero-order valence-corrected chi connectivity index (χ0v) is 16.3. The van der Waals surface area contributed by atoms with Gasteiger partial charge in [0, 0.05) is 12.7 Å². The Morgan fingerprint density at radius 3 is 2.40 bits per heavy atom. The van der Waals surface area contributed by atoms with Gasteiger partial charge in [0.25, 0.3) is 0 Å². The summed E-state index contributed by atoms with van der Waals surface area (Å²) in [5.74, 6) is 1.03. The summed E-state index contributed by atoms with van der Waals surface area (Å²) in [6.45, 7) is 10.6. The van der Waals surface area contributed by atoms with Crippen molar-refractivity contribution in [1.29, 1.82) is 0 Å². The van der Waals surface area contributed by atoms with Crippen LogP contribution in [0.3, 0.4) is 0 Å². The fourth-order valence-corrected chi connectivity index (χ4v) is 3.13. The van der Waals surface area contributed by atoms with E-state index >= 15 is 0 Å². The van der Waals surface area contributed by atoms with Gasteiger partial charge in [0.1, 0.15) is 5.82 Å². The minimum absolute atomic E-state index is 0.933. The molecule has 1 heterocycles. The van der Waals surface area contributed by atoms with Gasteiger partial charge in [0.15, 0.2) is 0 Å². The number of allylic oxidation sites excluding steroid dienone is 1. The molecular weight excluding hydrogens is 304 g/mol. The molecule has 1 N–H and O–H groups in total. The van der Waals surface area contributed by atoms with Gasteiger partial charge in [0.2, 0.25) is 0 Å². The van der Waals surface area contributed by atoms with Gasteiger partial charge >= 0.3 is 0 Å². The lowest BCUT2D eigenvalue weighted by Gasteiger charge is -2.14. The quantitative estimate of drug-likeness (QED) is 0.553. The molecule has 0 unspecified atom stereocenters. The van der Waals surface area contributed by atoms with Gasteiger partial charge in [-0.1, -0.05) is 57.5 Å². The predicted molar refractivity (Wildman–Crippen MR) is 110 cm³/mol. The van der Waals surface area contributed by atoms with E-state index in [-0.39, 0.29) is 0 Å². The third kappa shape index (κ3) is 5.19. The van der Waals surface area contributed by atoms with Crippen LogP contribution in [-0.4, -0.2) is 12.0 Å². The summed E-state index contributed by atoms with van der Waals surface area (Å²) in [5, 5.41) is 3.26. The van der Waals surface area contributed by atoms with E-state index in [0.29, 0.717) is 0 Å². The number of nitrogens with zero attached hydrogens (tertiary/aromatic N) is 1. The van der Waals surface area contributed by atoms with E-state index < -0.39 is 0 Å². The number of aryl methyl sites for hydroxylation is 2. The largest absolute Gasteiger partial charge is 0.373 e. The zero-order chi connectivity index (χ0) is 18.2. The molecule has 0 atom stereocenters. The lowest BCUT2D eigenvalue weighted by atomic mass is 9.97. The fourth-order valence-electron chi connectivity index (χ4n) is 3.13. The molecule has 0 radical (unpaired) electrons. The summed E-state index contributed by atoms with van der Waals surface area (Å²) < 4.78 is 0. The van der Waals surface area contributed by atoms with E-state index in [2.05, 4.69) is 63.0 Å². The molecule has 0 saturated heterocycles. The first-order valence-electron chi connectivity index (χ1n) is 9.53. The Hall–Kier alpha value is -2.09. The summed E-state index contributed by atoms with van der Waals surface area (Å²) in [5.41, 5.74) is 7.55. The van der Waals surface area contributed by atoms with Crippen LogP contribution >= 0.6 is 0 Å². The van der Waals surface area contributed by atoms with E-state index in [4.69, 9.17) is 4.98 Å². The highest BCUT2D eigenvalue weighted by molar-refractivity contribution is 5.63. The monoisotopic (exact) mass is 336 g/mol. The number of anilines is 1. The van der Waals surface area contributed by atoms with Crippen LogP contribution in [0.4, 0.5) is 5.82 Å². The Kier molecular flexibility index (Phi) is 7.24. The highest BCUT2D eigenvalue weighted by atomic mass is 15.0. The topological polar surface area (TPSA) is 24.9 Å². The number of aromatic nitrogens is 1. The molecule has 2 rings (SSSR count). The van der Waals surface area contributed by atoms with Gasteiger partial charge in [-0.15, -0.1) is 0 Å². The van der Waals surface area contributed by atoms with Crippen molar-refractivity contribution < 1.29 is 0 Å². The van der Waals surface area contributed by atoms with Gasteiger partial charge in [0.05, 0.1) is 0 Å². The summed E-state index contributed by atoms with van der Waals surface area (Å²) in [6, 6.07) is 11.2. The SMILES string of the molecule is C=C(CC)c1ccc(Cc2cc(CCCCC)c(NC)nc2C)cc1. The third-order valence-electron chi connectivity index (χ3n) is 4.87. The summed E-state index contributed by atoms with van der Waals surface area (Å²) >= 11 is 0. The molecule has 0 amide bonds. The number of hydrogen-bond acceptors (Lipinski definition) is 2. The first kappa shape index (κ1) is 19.2. The Morgan fingerprint density at radius 2 is 1.80 bits per heavy atom. The average Bonchev–Trinajstić information content (AvgIpc) is 2.64. The van der Waals surface area contributed by atoms with E-state index in [9.17, 15) is 0 Å². The van der Waals surface area contributed by atoms with Crippen LogP contribution in [0.2, 0.25) is 0 Å². The van der Waals surface area contributed by atoms with Crippen molar-refractivity contribution in [2.45, 2.75) is 59.3 Å². The number of hydrogen-bond donors (Lipinski definition) is 1. The first-order chi connectivity index (χ1) is 12.1. The van der Waals surface area contributed by atoms with Crippen molar-refractivity contribution in [3.05, 3.63) is 64.9 Å². The lowest BCUT2D eigenvalue weighted by molar-refractivity contribution is 0.716. The minimum atomic E-state index is 0.933. The van der Waals surface area contributed by atoms with Crippen molar-refractivity contribution in [2.75, 3.05) is 12.4 Å². The number of rotatable bonds is 9. The van der Waals surface area contributed by atoms with E-state index in [0.717, 1.165) is 30.8 Å². The van der Waals surface area contributed by atoms with E-state index in [1.54, 1.807) is 0 Å². The third-order valence-corrected chi connectivity index (χ3v) is 4.87. The van der Waals surface area contributed by atoms with Crippen LogP contribution in [0.15, 0.2) is 36.9 Å². The second-order valence-electron chi connectivity index (χ2n) is 6.78. The molecule has 0 fully saturated rings. The Labute approximate surface area is 153 Å². The van der Waals surface area contributed by atoms with Crippen LogP contribution < -0.4 is 5.32 Å². The average molecular weight is 337 g/mol. The molecule has 0 saturated carbocycles. The van der Waals surface area contributed by atoms with Crippen LogP contribution in [0.25, 0.3) is 5.57 Å². The molecule has 0 aliphatic carbocycles. The highest BCUT2D eigenvalue weighted by Gasteiger charge is 2.09. The van der Waals surface area contributed by atoms with Gasteiger partial charge in [-0.2, -0.15) is 0 Å². The zero-order valence-electron chi connectivity index (χ0n) is 16.3. The van der Waals surface area contributed by atoms with Gasteiger partial charge in [-0.05, 0) is 66.5 Å². The molecule has 2 nitrogen and oxygen atoms in total. The Morgan fingerprint density at radius 1 is 1.08 bits per heavy atom. The van der Waals surface area contributed by atoms with Crippen LogP contribution in [0, 0.1) is 6.92 Å². The molecule has 134 valence electrons. The smallest absolute Gasteiger partial charge is 0.129 e. The maximum Gasteiger partial charge on any atom is 0.129 e. The van der Waals surface area contributed by atoms with E-state index in [1.807, 2.05) is 7.05 Å². The molecule has 2 heteroatoms. The second-order valence-corrected chi connectivity index (χ2v) is 6.78. The number of benzene rings is 1. The minimum Gasteiger partial charge on any atom is -0.373 e. The number of pyridine rings is 1. The molecular formula is C23H32N2. The maximum atomic E-state index is 4.80. The predicted octanol–water partition coefficient (Wildman–Crippen LogP) is 6.18. The molecule has 1 aromatic carbocycles. The van der Waals surface area contributed by atoms with Crippen LogP contribution in [-0.2, 0) is 12.8 Å². The molecule has 0 aliphatic rings. The molecule has 25 heavy (non-hydrogen) atoms. The number of unbranched alkanes of at least 4 members (excludes halogenated alkanes) is 2. The molecule has 2 aromatic rings. The van der Waals surface area contributed by atoms with E-state index in [1.165, 1.54) is 47.1 Å². The summed E-state index contributed by atoms with van der Waals surface area (Å²) in [7, 11) is 1.96.